The minimum Gasteiger partial charge on any atom is -0.545 e. The second-order valence-electron chi connectivity index (χ2n) is 3.13. The maximum atomic E-state index is 10.3. The molecule has 0 aliphatic rings. The quantitative estimate of drug-likeness (QED) is 0.298. The third-order valence-corrected chi connectivity index (χ3v) is 1.67. The Bertz CT molecular complexity index is 455. The third kappa shape index (κ3) is 7.16. The van der Waals surface area contributed by atoms with Crippen LogP contribution in [-0.2, 0) is 4.79 Å². The average Bonchev–Trinajstić information content (AvgIpc) is 2.29. The SMILES string of the molecule is C=C(C)C(=O)[O-].O=C([O-])c1ccccc1[N+](=O)[O-].[Mg+2]. The number of aromatic carboxylic acids is 1. The van der Waals surface area contributed by atoms with E-state index in [1.54, 1.807) is 0 Å². The van der Waals surface area contributed by atoms with Gasteiger partial charge in [0.15, 0.2) is 0 Å². The largest absolute Gasteiger partial charge is 2.00 e. The standard InChI is InChI=1S/C7H5NO4.C4H6O2.Mg/c9-7(10)5-3-1-2-4-6(5)8(11)12;1-3(2)4(5)6;/h1-4H,(H,9,10);1H2,2H3,(H,5,6);/q;;+2/p-2. The summed E-state index contributed by atoms with van der Waals surface area (Å²) in [6.45, 7) is 4.48. The van der Waals surface area contributed by atoms with Crippen molar-refractivity contribution in [1.29, 1.82) is 0 Å². The number of rotatable bonds is 3. The molecule has 1 rings (SSSR count). The number of carboxylic acids is 2. The number of aliphatic carboxylic acids is 1. The van der Waals surface area contributed by atoms with E-state index < -0.39 is 28.1 Å². The molecular weight excluding hydrogens is 266 g/mol. The molecular formula is C11H9MgNO6. The van der Waals surface area contributed by atoms with Crippen LogP contribution < -0.4 is 10.2 Å². The molecule has 96 valence electrons. The van der Waals surface area contributed by atoms with E-state index in [-0.39, 0.29) is 28.6 Å². The summed E-state index contributed by atoms with van der Waals surface area (Å²) in [6, 6.07) is 5.04. The van der Waals surface area contributed by atoms with Gasteiger partial charge in [-0.25, -0.2) is 0 Å². The molecule has 0 atom stereocenters. The van der Waals surface area contributed by atoms with Crippen LogP contribution in [0.15, 0.2) is 36.4 Å². The van der Waals surface area contributed by atoms with E-state index in [1.807, 2.05) is 0 Å². The van der Waals surface area contributed by atoms with Gasteiger partial charge in [-0.1, -0.05) is 18.7 Å². The maximum Gasteiger partial charge on any atom is 2.00 e. The smallest absolute Gasteiger partial charge is 0.545 e. The van der Waals surface area contributed by atoms with Crippen LogP contribution in [-0.4, -0.2) is 39.9 Å². The molecule has 0 spiro atoms. The maximum absolute atomic E-state index is 10.3. The number of hydrogen-bond acceptors (Lipinski definition) is 6. The normalized spacial score (nSPS) is 8.26. The molecule has 0 N–H and O–H groups in total. The second kappa shape index (κ2) is 9.06. The zero-order chi connectivity index (χ0) is 14.3. The van der Waals surface area contributed by atoms with Crippen LogP contribution in [0.1, 0.15) is 17.3 Å². The fraction of sp³-hybridized carbons (Fsp3) is 0.0909. The molecule has 0 saturated carbocycles. The van der Waals surface area contributed by atoms with Crippen LogP contribution in [0, 0.1) is 10.1 Å². The van der Waals surface area contributed by atoms with Gasteiger partial charge in [-0.2, -0.15) is 0 Å². The first-order valence-corrected chi connectivity index (χ1v) is 4.59. The molecule has 0 amide bonds. The number of carbonyl (C=O) groups is 2. The Morgan fingerprint density at radius 2 is 1.63 bits per heavy atom. The van der Waals surface area contributed by atoms with Crippen LogP contribution in [0.25, 0.3) is 0 Å². The molecule has 19 heavy (non-hydrogen) atoms. The molecule has 7 nitrogen and oxygen atoms in total. The third-order valence-electron chi connectivity index (χ3n) is 1.67. The van der Waals surface area contributed by atoms with Crippen LogP contribution in [0.3, 0.4) is 0 Å². The second-order valence-corrected chi connectivity index (χ2v) is 3.13. The van der Waals surface area contributed by atoms with E-state index in [4.69, 9.17) is 0 Å². The van der Waals surface area contributed by atoms with Gasteiger partial charge in [0.05, 0.1) is 22.4 Å². The Morgan fingerprint density at radius 1 is 1.21 bits per heavy atom. The average molecular weight is 275 g/mol. The van der Waals surface area contributed by atoms with Crippen molar-refractivity contribution in [2.75, 3.05) is 0 Å². The molecule has 0 radical (unpaired) electrons. The molecule has 0 fully saturated rings. The predicted octanol–water partition coefficient (Wildman–Crippen LogP) is -1.11. The first-order valence-electron chi connectivity index (χ1n) is 4.59. The van der Waals surface area contributed by atoms with Gasteiger partial charge in [0, 0.05) is 6.07 Å². The predicted molar refractivity (Wildman–Crippen MR) is 63.0 cm³/mol. The molecule has 0 aliphatic carbocycles. The van der Waals surface area contributed by atoms with E-state index in [9.17, 15) is 29.9 Å². The van der Waals surface area contributed by atoms with Crippen molar-refractivity contribution < 1.29 is 24.7 Å². The van der Waals surface area contributed by atoms with Gasteiger partial charge in [0.2, 0.25) is 0 Å². The number of carboxylic acid groups (broad SMARTS) is 2. The van der Waals surface area contributed by atoms with E-state index in [0.717, 1.165) is 12.1 Å². The van der Waals surface area contributed by atoms with Gasteiger partial charge in [0.25, 0.3) is 5.69 Å². The molecule has 0 aliphatic heterocycles. The fourth-order valence-electron chi connectivity index (χ4n) is 0.805. The summed E-state index contributed by atoms with van der Waals surface area (Å²) < 4.78 is 0. The first-order chi connectivity index (χ1) is 8.27. The topological polar surface area (TPSA) is 123 Å². The van der Waals surface area contributed by atoms with Crippen molar-refractivity contribution in [3.63, 3.8) is 0 Å². The molecule has 0 bridgehead atoms. The summed E-state index contributed by atoms with van der Waals surface area (Å²) in [5, 5.41) is 30.0. The van der Waals surface area contributed by atoms with Gasteiger partial charge >= 0.3 is 23.1 Å². The number of carbonyl (C=O) groups excluding carboxylic acids is 2. The van der Waals surface area contributed by atoms with Crippen molar-refractivity contribution >= 4 is 40.7 Å². The molecule has 1 aromatic rings. The number of nitro groups is 1. The fourth-order valence-corrected chi connectivity index (χ4v) is 0.805. The molecule has 1 aromatic carbocycles. The van der Waals surface area contributed by atoms with Crippen molar-refractivity contribution in [3.8, 4) is 0 Å². The van der Waals surface area contributed by atoms with Gasteiger partial charge in [-0.15, -0.1) is 0 Å². The summed E-state index contributed by atoms with van der Waals surface area (Å²) >= 11 is 0. The summed E-state index contributed by atoms with van der Waals surface area (Å²) in [5.41, 5.74) is -0.782. The Labute approximate surface area is 124 Å². The number of hydrogen-bond donors (Lipinski definition) is 0. The minimum absolute atomic E-state index is 0. The summed E-state index contributed by atoms with van der Waals surface area (Å²) in [6.07, 6.45) is 0. The van der Waals surface area contributed by atoms with Crippen molar-refractivity contribution in [2.24, 2.45) is 0 Å². The minimum atomic E-state index is -1.54. The van der Waals surface area contributed by atoms with Gasteiger partial charge in [-0.05, 0) is 18.6 Å². The van der Waals surface area contributed by atoms with E-state index in [2.05, 4.69) is 6.58 Å². The van der Waals surface area contributed by atoms with Gasteiger partial charge < -0.3 is 19.8 Å². The molecule has 0 saturated heterocycles. The molecule has 0 heterocycles. The number of para-hydroxylation sites is 1. The van der Waals surface area contributed by atoms with E-state index in [1.165, 1.54) is 19.1 Å². The monoisotopic (exact) mass is 275 g/mol. The zero-order valence-electron chi connectivity index (χ0n) is 10.1. The zero-order valence-corrected chi connectivity index (χ0v) is 11.5. The Morgan fingerprint density at radius 3 is 1.89 bits per heavy atom. The van der Waals surface area contributed by atoms with Crippen molar-refractivity contribution in [1.82, 2.24) is 0 Å². The van der Waals surface area contributed by atoms with Crippen molar-refractivity contribution in [2.45, 2.75) is 6.92 Å². The molecule has 0 unspecified atom stereocenters. The first kappa shape index (κ1) is 19.4. The van der Waals surface area contributed by atoms with Crippen molar-refractivity contribution in [3.05, 3.63) is 52.1 Å². The van der Waals surface area contributed by atoms with Gasteiger partial charge in [-0.3, -0.25) is 10.1 Å². The number of nitrogens with zero attached hydrogens (tertiary/aromatic N) is 1. The van der Waals surface area contributed by atoms with Crippen LogP contribution in [0.5, 0.6) is 0 Å². The summed E-state index contributed by atoms with van der Waals surface area (Å²) in [5.74, 6) is -2.72. The van der Waals surface area contributed by atoms with E-state index >= 15 is 0 Å². The Balaban J connectivity index is 0. The summed E-state index contributed by atoms with van der Waals surface area (Å²) in [7, 11) is 0. The Kier molecular flexibility index (Phi) is 9.25. The number of nitro benzene ring substituents is 1. The van der Waals surface area contributed by atoms with Crippen LogP contribution in [0.4, 0.5) is 5.69 Å². The molecule has 8 heteroatoms. The number of benzene rings is 1. The Hall–Kier alpha value is -1.93. The van der Waals surface area contributed by atoms with E-state index in [0.29, 0.717) is 0 Å². The van der Waals surface area contributed by atoms with Crippen LogP contribution in [0.2, 0.25) is 0 Å². The van der Waals surface area contributed by atoms with Crippen LogP contribution >= 0.6 is 0 Å². The molecule has 0 aromatic heterocycles. The summed E-state index contributed by atoms with van der Waals surface area (Å²) in [4.78, 5) is 29.3. The van der Waals surface area contributed by atoms with Gasteiger partial charge in [0.1, 0.15) is 0 Å².